The van der Waals surface area contributed by atoms with E-state index in [0.29, 0.717) is 12.6 Å². The molecule has 0 heterocycles. The third-order valence-electron chi connectivity index (χ3n) is 2.90. The molecule has 0 aliphatic rings. The van der Waals surface area contributed by atoms with E-state index in [0.717, 1.165) is 19.3 Å². The van der Waals surface area contributed by atoms with Crippen molar-refractivity contribution in [3.8, 4) is 0 Å². The standard InChI is InChI=1S/C10H27N3O3Si/c1-14-17(15-2,16-3)7-5-10(13)8-9(12)4-6-11/h9-10H,4-8,11-13H2,1-3H3. The van der Waals surface area contributed by atoms with E-state index in [1.165, 1.54) is 0 Å². The highest BCUT2D eigenvalue weighted by Gasteiger charge is 2.37. The van der Waals surface area contributed by atoms with Gasteiger partial charge < -0.3 is 30.5 Å². The maximum atomic E-state index is 6.01. The Morgan fingerprint density at radius 1 is 0.941 bits per heavy atom. The third-order valence-corrected chi connectivity index (χ3v) is 5.66. The van der Waals surface area contributed by atoms with Crippen molar-refractivity contribution in [1.29, 1.82) is 0 Å². The van der Waals surface area contributed by atoms with Gasteiger partial charge in [-0.25, -0.2) is 0 Å². The minimum atomic E-state index is -2.50. The second-order valence-corrected chi connectivity index (χ2v) is 7.26. The van der Waals surface area contributed by atoms with E-state index in [1.807, 2.05) is 0 Å². The summed E-state index contributed by atoms with van der Waals surface area (Å²) in [6, 6.07) is 0.801. The molecule has 0 fully saturated rings. The minimum Gasteiger partial charge on any atom is -0.377 e. The monoisotopic (exact) mass is 265 g/mol. The molecule has 104 valence electrons. The SMILES string of the molecule is CO[Si](CCC(N)CC(N)CCN)(OC)OC. The molecule has 0 amide bonds. The van der Waals surface area contributed by atoms with Crippen LogP contribution in [0.5, 0.6) is 0 Å². The van der Waals surface area contributed by atoms with Gasteiger partial charge in [0.1, 0.15) is 0 Å². The van der Waals surface area contributed by atoms with Crippen LogP contribution in [0.2, 0.25) is 6.04 Å². The lowest BCUT2D eigenvalue weighted by Crippen LogP contribution is -2.44. The van der Waals surface area contributed by atoms with Gasteiger partial charge in [0, 0.05) is 39.5 Å². The van der Waals surface area contributed by atoms with E-state index >= 15 is 0 Å². The Morgan fingerprint density at radius 2 is 1.41 bits per heavy atom. The average molecular weight is 265 g/mol. The molecule has 0 rings (SSSR count). The molecule has 17 heavy (non-hydrogen) atoms. The van der Waals surface area contributed by atoms with Gasteiger partial charge >= 0.3 is 8.80 Å². The summed E-state index contributed by atoms with van der Waals surface area (Å²) in [6.07, 6.45) is 2.34. The molecular formula is C10H27N3O3Si. The predicted molar refractivity (Wildman–Crippen MR) is 70.4 cm³/mol. The Bertz CT molecular complexity index is 185. The van der Waals surface area contributed by atoms with E-state index in [-0.39, 0.29) is 12.1 Å². The van der Waals surface area contributed by atoms with Crippen molar-refractivity contribution in [3.63, 3.8) is 0 Å². The minimum absolute atomic E-state index is 0.0314. The van der Waals surface area contributed by atoms with Crippen LogP contribution in [0.3, 0.4) is 0 Å². The summed E-state index contributed by atoms with van der Waals surface area (Å²) in [5.41, 5.74) is 17.3. The molecule has 2 atom stereocenters. The summed E-state index contributed by atoms with van der Waals surface area (Å²) in [6.45, 7) is 0.598. The molecule has 6 N–H and O–H groups in total. The molecule has 0 saturated heterocycles. The highest BCUT2D eigenvalue weighted by Crippen LogP contribution is 2.17. The van der Waals surface area contributed by atoms with Gasteiger partial charge in [-0.05, 0) is 25.8 Å². The number of nitrogens with two attached hydrogens (primary N) is 3. The lowest BCUT2D eigenvalue weighted by molar-refractivity contribution is 0.122. The Labute approximate surface area is 105 Å². The summed E-state index contributed by atoms with van der Waals surface area (Å²) in [4.78, 5) is 0. The van der Waals surface area contributed by atoms with Crippen LogP contribution in [0.25, 0.3) is 0 Å². The average Bonchev–Trinajstić information content (AvgIpc) is 2.32. The second-order valence-electron chi connectivity index (χ2n) is 4.17. The predicted octanol–water partition coefficient (Wildman–Crippen LogP) is -0.352. The first-order valence-corrected chi connectivity index (χ1v) is 7.83. The van der Waals surface area contributed by atoms with E-state index in [1.54, 1.807) is 21.3 Å². The maximum Gasteiger partial charge on any atom is 0.500 e. The molecule has 0 radical (unpaired) electrons. The first-order chi connectivity index (χ1) is 8.03. The van der Waals surface area contributed by atoms with Crippen LogP contribution < -0.4 is 17.2 Å². The second kappa shape index (κ2) is 8.98. The Kier molecular flexibility index (Phi) is 8.97. The molecule has 0 spiro atoms. The van der Waals surface area contributed by atoms with Gasteiger partial charge in [0.15, 0.2) is 0 Å². The molecule has 2 unspecified atom stereocenters. The van der Waals surface area contributed by atoms with Crippen molar-refractivity contribution < 1.29 is 13.3 Å². The lowest BCUT2D eigenvalue weighted by Gasteiger charge is -2.26. The van der Waals surface area contributed by atoms with Crippen LogP contribution in [-0.2, 0) is 13.3 Å². The molecular weight excluding hydrogens is 238 g/mol. The normalized spacial score (nSPS) is 15.9. The van der Waals surface area contributed by atoms with Gasteiger partial charge in [-0.15, -0.1) is 0 Å². The van der Waals surface area contributed by atoms with E-state index < -0.39 is 8.80 Å². The molecule has 0 aliphatic heterocycles. The summed E-state index contributed by atoms with van der Waals surface area (Å²) < 4.78 is 16.0. The first-order valence-electron chi connectivity index (χ1n) is 5.90. The molecule has 0 aromatic heterocycles. The zero-order valence-corrected chi connectivity index (χ0v) is 12.1. The van der Waals surface area contributed by atoms with Gasteiger partial charge in [0.05, 0.1) is 0 Å². The number of hydrogen-bond donors (Lipinski definition) is 3. The topological polar surface area (TPSA) is 106 Å². The molecule has 0 aliphatic carbocycles. The van der Waals surface area contributed by atoms with Crippen LogP contribution in [0.4, 0.5) is 0 Å². The number of rotatable bonds is 10. The van der Waals surface area contributed by atoms with Gasteiger partial charge in [0.25, 0.3) is 0 Å². The lowest BCUT2D eigenvalue weighted by atomic mass is 10.0. The molecule has 7 heteroatoms. The highest BCUT2D eigenvalue weighted by molar-refractivity contribution is 6.60. The van der Waals surface area contributed by atoms with Gasteiger partial charge in [0.2, 0.25) is 0 Å². The fourth-order valence-corrected chi connectivity index (χ4v) is 3.59. The van der Waals surface area contributed by atoms with Gasteiger partial charge in [-0.1, -0.05) is 0 Å². The summed E-state index contributed by atoms with van der Waals surface area (Å²) in [5, 5.41) is 0. The largest absolute Gasteiger partial charge is 0.500 e. The van der Waals surface area contributed by atoms with Crippen molar-refractivity contribution in [2.75, 3.05) is 27.9 Å². The van der Waals surface area contributed by atoms with Gasteiger partial charge in [-0.3, -0.25) is 0 Å². The van der Waals surface area contributed by atoms with Crippen LogP contribution in [-0.4, -0.2) is 48.8 Å². The van der Waals surface area contributed by atoms with Crippen molar-refractivity contribution in [1.82, 2.24) is 0 Å². The Hall–Kier alpha value is -0.0231. The quantitative estimate of drug-likeness (QED) is 0.466. The molecule has 0 aromatic carbocycles. The summed E-state index contributed by atoms with van der Waals surface area (Å²) in [7, 11) is 2.31. The molecule has 0 aromatic rings. The summed E-state index contributed by atoms with van der Waals surface area (Å²) in [5.74, 6) is 0. The van der Waals surface area contributed by atoms with Crippen molar-refractivity contribution in [3.05, 3.63) is 0 Å². The maximum absolute atomic E-state index is 6.01. The fraction of sp³-hybridized carbons (Fsp3) is 1.00. The molecule has 6 nitrogen and oxygen atoms in total. The summed E-state index contributed by atoms with van der Waals surface area (Å²) >= 11 is 0. The van der Waals surface area contributed by atoms with Crippen molar-refractivity contribution in [2.24, 2.45) is 17.2 Å². The Morgan fingerprint density at radius 3 is 1.82 bits per heavy atom. The van der Waals surface area contributed by atoms with Gasteiger partial charge in [-0.2, -0.15) is 0 Å². The van der Waals surface area contributed by atoms with Crippen molar-refractivity contribution >= 4 is 8.80 Å². The number of hydrogen-bond acceptors (Lipinski definition) is 6. The Balaban J connectivity index is 4.00. The first kappa shape index (κ1) is 17.0. The van der Waals surface area contributed by atoms with Crippen LogP contribution in [0, 0.1) is 0 Å². The van der Waals surface area contributed by atoms with E-state index in [9.17, 15) is 0 Å². The zero-order valence-electron chi connectivity index (χ0n) is 11.1. The molecule has 0 saturated carbocycles. The van der Waals surface area contributed by atoms with E-state index in [4.69, 9.17) is 30.5 Å². The molecule has 0 bridgehead atoms. The van der Waals surface area contributed by atoms with Crippen LogP contribution in [0.1, 0.15) is 19.3 Å². The zero-order chi connectivity index (χ0) is 13.3. The van der Waals surface area contributed by atoms with E-state index in [2.05, 4.69) is 0 Å². The highest BCUT2D eigenvalue weighted by atomic mass is 28.4. The third kappa shape index (κ3) is 6.46. The van der Waals surface area contributed by atoms with Crippen molar-refractivity contribution in [2.45, 2.75) is 37.4 Å². The smallest absolute Gasteiger partial charge is 0.377 e. The van der Waals surface area contributed by atoms with Crippen LogP contribution in [0.15, 0.2) is 0 Å². The van der Waals surface area contributed by atoms with Crippen LogP contribution >= 0.6 is 0 Å². The fourth-order valence-electron chi connectivity index (χ4n) is 1.76.